The molecule has 0 aliphatic heterocycles. The minimum Gasteiger partial charge on any atom is -0.444 e. The van der Waals surface area contributed by atoms with Gasteiger partial charge in [-0.2, -0.15) is 30.9 Å². The number of anilines is 2. The van der Waals surface area contributed by atoms with E-state index in [9.17, 15) is 23.1 Å². The highest BCUT2D eigenvalue weighted by molar-refractivity contribution is 7.80. The highest BCUT2D eigenvalue weighted by Crippen LogP contribution is 2.34. The normalized spacial score (nSPS) is 18.8. The molecule has 0 bridgehead atoms. The summed E-state index contributed by atoms with van der Waals surface area (Å²) in [5.74, 6) is -0.554. The Morgan fingerprint density at radius 2 is 2.00 bits per heavy atom. The fraction of sp³-hybridized carbons (Fsp3) is 0.478. The number of hydrogen-bond donors (Lipinski definition) is 4. The predicted molar refractivity (Wildman–Crippen MR) is 130 cm³/mol. The van der Waals surface area contributed by atoms with Crippen molar-refractivity contribution in [2.24, 2.45) is 0 Å². The zero-order chi connectivity index (χ0) is 26.1. The Morgan fingerprint density at radius 3 is 2.67 bits per heavy atom. The van der Waals surface area contributed by atoms with Gasteiger partial charge in [-0.05, 0) is 51.7 Å². The summed E-state index contributed by atoms with van der Waals surface area (Å²) >= 11 is 4.53. The van der Waals surface area contributed by atoms with Crippen molar-refractivity contribution < 1.29 is 27.5 Å². The molecule has 1 amide bonds. The highest BCUT2D eigenvalue weighted by Gasteiger charge is 2.30. The number of pyridine rings is 1. The summed E-state index contributed by atoms with van der Waals surface area (Å²) in [4.78, 5) is 20.9. The van der Waals surface area contributed by atoms with Gasteiger partial charge in [-0.3, -0.25) is 9.48 Å². The Morgan fingerprint density at radius 1 is 1.28 bits per heavy atom. The molecule has 0 unspecified atom stereocenters. The largest absolute Gasteiger partial charge is 0.444 e. The molecule has 3 aromatic heterocycles. The first kappa shape index (κ1) is 26.0. The summed E-state index contributed by atoms with van der Waals surface area (Å²) < 4.78 is 44.6. The number of carbonyl (C=O) groups excluding carboxylic acids is 1. The smallest absolute Gasteiger partial charge is 0.405 e. The van der Waals surface area contributed by atoms with Gasteiger partial charge in [0.1, 0.15) is 29.9 Å². The third-order valence-corrected chi connectivity index (χ3v) is 6.33. The predicted octanol–water partition coefficient (Wildman–Crippen LogP) is 4.80. The summed E-state index contributed by atoms with van der Waals surface area (Å²) in [6.45, 7) is 1.93. The maximum absolute atomic E-state index is 12.9. The lowest BCUT2D eigenvalue weighted by Crippen LogP contribution is -2.22. The molecule has 1 saturated carbocycles. The summed E-state index contributed by atoms with van der Waals surface area (Å²) in [5.41, 5.74) is -0.328. The Labute approximate surface area is 210 Å². The van der Waals surface area contributed by atoms with Gasteiger partial charge in [-0.1, -0.05) is 0 Å². The van der Waals surface area contributed by atoms with Crippen molar-refractivity contribution in [3.63, 3.8) is 0 Å². The number of thiol groups is 1. The molecule has 13 heteroatoms. The average molecular weight is 525 g/mol. The van der Waals surface area contributed by atoms with Crippen molar-refractivity contribution >= 4 is 30.0 Å². The van der Waals surface area contributed by atoms with Crippen LogP contribution in [0.3, 0.4) is 0 Å². The maximum Gasteiger partial charge on any atom is 0.405 e. The van der Waals surface area contributed by atoms with Gasteiger partial charge in [0.2, 0.25) is 5.89 Å². The second-order valence-corrected chi connectivity index (χ2v) is 10.0. The molecule has 3 heterocycles. The molecular weight excluding hydrogens is 497 g/mol. The summed E-state index contributed by atoms with van der Waals surface area (Å²) in [6, 6.07) is 2.99. The third kappa shape index (κ3) is 6.38. The van der Waals surface area contributed by atoms with Crippen molar-refractivity contribution in [1.82, 2.24) is 19.7 Å². The lowest BCUT2D eigenvalue weighted by Gasteiger charge is -2.26. The topological polar surface area (TPSA) is 118 Å². The lowest BCUT2D eigenvalue weighted by atomic mass is 9.95. The molecule has 9 nitrogen and oxygen atoms in total. The van der Waals surface area contributed by atoms with E-state index >= 15 is 0 Å². The van der Waals surface area contributed by atoms with Crippen LogP contribution in [-0.4, -0.2) is 48.7 Å². The highest BCUT2D eigenvalue weighted by atomic mass is 32.1. The summed E-state index contributed by atoms with van der Waals surface area (Å²) in [6.07, 6.45) is 3.47. The van der Waals surface area contributed by atoms with Gasteiger partial charge in [0, 0.05) is 23.2 Å². The molecule has 36 heavy (non-hydrogen) atoms. The molecule has 0 aromatic carbocycles. The number of carbonyl (C=O) groups is 1. The van der Waals surface area contributed by atoms with E-state index in [0.717, 1.165) is 31.9 Å². The number of nitrogens with zero attached hydrogens (tertiary/aromatic N) is 4. The van der Waals surface area contributed by atoms with Crippen LogP contribution in [0, 0.1) is 0 Å². The van der Waals surface area contributed by atoms with E-state index in [-0.39, 0.29) is 23.4 Å². The molecule has 0 atom stereocenters. The van der Waals surface area contributed by atoms with E-state index in [2.05, 4.69) is 38.3 Å². The van der Waals surface area contributed by atoms with Crippen LogP contribution in [0.2, 0.25) is 0 Å². The van der Waals surface area contributed by atoms with E-state index in [4.69, 9.17) is 4.42 Å². The van der Waals surface area contributed by atoms with Gasteiger partial charge in [0.15, 0.2) is 5.69 Å². The van der Waals surface area contributed by atoms with E-state index in [0.29, 0.717) is 22.2 Å². The molecule has 0 saturated heterocycles. The number of oxazole rings is 1. The van der Waals surface area contributed by atoms with Crippen molar-refractivity contribution in [2.75, 3.05) is 17.2 Å². The molecule has 0 spiro atoms. The van der Waals surface area contributed by atoms with Gasteiger partial charge in [0.05, 0.1) is 11.7 Å². The number of hydrogen-bond acceptors (Lipinski definition) is 8. The van der Waals surface area contributed by atoms with E-state index < -0.39 is 24.2 Å². The maximum atomic E-state index is 12.9. The standard InChI is InChI=1S/C23H27F3N6O3S/c1-22(2,34)19-16(10-32(31-19)14-3-5-15(36)6-4-14)29-20(33)17-11-35-21(30-17)13-7-8-27-18(9-13)28-12-23(24,25)26/h7-11,14-15,34,36H,3-6,12H2,1-2H3,(H,27,28)(H,29,33). The number of aromatic nitrogens is 4. The van der Waals surface area contributed by atoms with Gasteiger partial charge in [0.25, 0.3) is 5.91 Å². The molecule has 3 N–H and O–H groups in total. The second kappa shape index (κ2) is 10.1. The monoisotopic (exact) mass is 524 g/mol. The van der Waals surface area contributed by atoms with Gasteiger partial charge >= 0.3 is 6.18 Å². The van der Waals surface area contributed by atoms with E-state index in [1.807, 2.05) is 0 Å². The molecule has 0 radical (unpaired) electrons. The van der Waals surface area contributed by atoms with Crippen LogP contribution in [0.15, 0.2) is 35.2 Å². The van der Waals surface area contributed by atoms with Crippen LogP contribution >= 0.6 is 12.6 Å². The Balaban J connectivity index is 1.50. The third-order valence-electron chi connectivity index (χ3n) is 5.81. The number of aliphatic hydroxyl groups is 1. The fourth-order valence-electron chi connectivity index (χ4n) is 3.99. The Hall–Kier alpha value is -3.06. The molecule has 4 rings (SSSR count). The quantitative estimate of drug-likeness (QED) is 0.328. The van der Waals surface area contributed by atoms with Crippen molar-refractivity contribution in [2.45, 2.75) is 62.6 Å². The first-order valence-corrected chi connectivity index (χ1v) is 11.9. The first-order chi connectivity index (χ1) is 16.9. The summed E-state index contributed by atoms with van der Waals surface area (Å²) in [5, 5.41) is 20.5. The van der Waals surface area contributed by atoms with Crippen LogP contribution in [0.4, 0.5) is 24.7 Å². The van der Waals surface area contributed by atoms with E-state index in [1.165, 1.54) is 18.3 Å². The number of alkyl halides is 3. The van der Waals surface area contributed by atoms with Gasteiger partial charge in [-0.25, -0.2) is 9.97 Å². The van der Waals surface area contributed by atoms with Crippen molar-refractivity contribution in [3.05, 3.63) is 42.2 Å². The molecule has 3 aromatic rings. The lowest BCUT2D eigenvalue weighted by molar-refractivity contribution is -0.115. The summed E-state index contributed by atoms with van der Waals surface area (Å²) in [7, 11) is 0. The Kier molecular flexibility index (Phi) is 7.32. The number of amides is 1. The molecular formula is C23H27F3N6O3S. The second-order valence-electron chi connectivity index (χ2n) is 9.28. The van der Waals surface area contributed by atoms with Crippen LogP contribution in [0.5, 0.6) is 0 Å². The van der Waals surface area contributed by atoms with Crippen molar-refractivity contribution in [3.8, 4) is 11.5 Å². The zero-order valence-electron chi connectivity index (χ0n) is 19.7. The number of rotatable bonds is 7. The van der Waals surface area contributed by atoms with Crippen LogP contribution in [0.25, 0.3) is 11.5 Å². The van der Waals surface area contributed by atoms with Crippen molar-refractivity contribution in [1.29, 1.82) is 0 Å². The number of nitrogens with one attached hydrogen (secondary N) is 2. The SMILES string of the molecule is CC(C)(O)c1nn(C2CCC(S)CC2)cc1NC(=O)c1coc(-c2ccnc(NCC(F)(F)F)c2)n1. The fourth-order valence-corrected chi connectivity index (χ4v) is 4.29. The van der Waals surface area contributed by atoms with Crippen LogP contribution < -0.4 is 10.6 Å². The Bertz CT molecular complexity index is 1210. The minimum absolute atomic E-state index is 0.0109. The molecule has 194 valence electrons. The first-order valence-electron chi connectivity index (χ1n) is 11.4. The average Bonchev–Trinajstić information content (AvgIpc) is 3.46. The van der Waals surface area contributed by atoms with E-state index in [1.54, 1.807) is 24.7 Å². The molecule has 1 aliphatic carbocycles. The van der Waals surface area contributed by atoms with Gasteiger partial charge < -0.3 is 20.2 Å². The van der Waals surface area contributed by atoms with Crippen LogP contribution in [-0.2, 0) is 5.60 Å². The number of halogens is 3. The van der Waals surface area contributed by atoms with Crippen LogP contribution in [0.1, 0.15) is 61.8 Å². The molecule has 1 fully saturated rings. The van der Waals surface area contributed by atoms with Gasteiger partial charge in [-0.15, -0.1) is 0 Å². The zero-order valence-corrected chi connectivity index (χ0v) is 20.6. The minimum atomic E-state index is -4.40. The molecule has 1 aliphatic rings.